The van der Waals surface area contributed by atoms with Crippen molar-refractivity contribution in [2.75, 3.05) is 7.05 Å². The second-order valence-electron chi connectivity index (χ2n) is 4.80. The Kier molecular flexibility index (Phi) is 3.36. The van der Waals surface area contributed by atoms with Gasteiger partial charge in [-0.25, -0.2) is 0 Å². The summed E-state index contributed by atoms with van der Waals surface area (Å²) in [5.41, 5.74) is 1.80. The fourth-order valence-electron chi connectivity index (χ4n) is 1.76. The van der Waals surface area contributed by atoms with Crippen LogP contribution < -0.4 is 10.1 Å². The van der Waals surface area contributed by atoms with Crippen LogP contribution in [0.1, 0.15) is 48.5 Å². The van der Waals surface area contributed by atoms with Crippen LogP contribution in [0.5, 0.6) is 5.75 Å². The van der Waals surface area contributed by atoms with Gasteiger partial charge < -0.3 is 10.1 Å². The molecule has 0 spiro atoms. The van der Waals surface area contributed by atoms with Crippen LogP contribution >= 0.6 is 0 Å². The molecule has 1 saturated carbocycles. The zero-order chi connectivity index (χ0) is 12.4. The van der Waals surface area contributed by atoms with Crippen LogP contribution in [-0.2, 0) is 0 Å². The molecule has 1 aliphatic rings. The molecule has 0 saturated heterocycles. The van der Waals surface area contributed by atoms with Gasteiger partial charge in [-0.1, -0.05) is 13.8 Å². The molecule has 0 bridgehead atoms. The van der Waals surface area contributed by atoms with E-state index >= 15 is 0 Å². The summed E-state index contributed by atoms with van der Waals surface area (Å²) in [5, 5.41) is 2.64. The fourth-order valence-corrected chi connectivity index (χ4v) is 1.76. The van der Waals surface area contributed by atoms with E-state index in [1.54, 1.807) is 7.05 Å². The molecule has 1 aromatic carbocycles. The highest BCUT2D eigenvalue weighted by Crippen LogP contribution is 2.33. The van der Waals surface area contributed by atoms with Crippen LogP contribution in [0.2, 0.25) is 0 Å². The summed E-state index contributed by atoms with van der Waals surface area (Å²) in [6.07, 6.45) is 2.68. The molecule has 0 aliphatic heterocycles. The minimum absolute atomic E-state index is 0.0510. The Hall–Kier alpha value is -1.51. The van der Waals surface area contributed by atoms with Crippen LogP contribution in [0, 0.1) is 0 Å². The number of ether oxygens (including phenoxy) is 1. The molecule has 0 heterocycles. The SMILES string of the molecule is CNC(=O)c1ccc(OC2CC2)c(C(C)C)c1. The normalized spacial score (nSPS) is 14.8. The summed E-state index contributed by atoms with van der Waals surface area (Å²) in [4.78, 5) is 11.6. The Morgan fingerprint density at radius 1 is 1.41 bits per heavy atom. The van der Waals surface area contributed by atoms with E-state index in [9.17, 15) is 4.79 Å². The first-order chi connectivity index (χ1) is 8.11. The maximum Gasteiger partial charge on any atom is 0.251 e. The molecule has 0 radical (unpaired) electrons. The lowest BCUT2D eigenvalue weighted by molar-refractivity contribution is 0.0963. The molecule has 1 amide bonds. The van der Waals surface area contributed by atoms with Crippen molar-refractivity contribution in [1.29, 1.82) is 0 Å². The number of amides is 1. The van der Waals surface area contributed by atoms with Crippen molar-refractivity contribution in [3.63, 3.8) is 0 Å². The fraction of sp³-hybridized carbons (Fsp3) is 0.500. The van der Waals surface area contributed by atoms with Gasteiger partial charge in [0, 0.05) is 12.6 Å². The molecule has 1 N–H and O–H groups in total. The molecule has 1 aliphatic carbocycles. The third kappa shape index (κ3) is 2.78. The van der Waals surface area contributed by atoms with E-state index in [1.807, 2.05) is 18.2 Å². The lowest BCUT2D eigenvalue weighted by atomic mass is 9.99. The molecule has 3 heteroatoms. The van der Waals surface area contributed by atoms with E-state index in [1.165, 1.54) is 0 Å². The second kappa shape index (κ2) is 4.78. The minimum atomic E-state index is -0.0510. The molecule has 3 nitrogen and oxygen atoms in total. The highest BCUT2D eigenvalue weighted by Gasteiger charge is 2.25. The van der Waals surface area contributed by atoms with Crippen molar-refractivity contribution in [2.45, 2.75) is 38.7 Å². The number of carbonyl (C=O) groups excluding carboxylic acids is 1. The van der Waals surface area contributed by atoms with Crippen molar-refractivity contribution in [3.8, 4) is 5.75 Å². The van der Waals surface area contributed by atoms with Gasteiger partial charge in [0.25, 0.3) is 5.91 Å². The molecule has 1 fully saturated rings. The molecule has 1 aromatic rings. The van der Waals surface area contributed by atoms with Crippen molar-refractivity contribution < 1.29 is 9.53 Å². The van der Waals surface area contributed by atoms with E-state index < -0.39 is 0 Å². The van der Waals surface area contributed by atoms with Crippen LogP contribution in [0.25, 0.3) is 0 Å². The van der Waals surface area contributed by atoms with Crippen molar-refractivity contribution >= 4 is 5.91 Å². The van der Waals surface area contributed by atoms with Crippen LogP contribution in [-0.4, -0.2) is 19.1 Å². The third-order valence-corrected chi connectivity index (χ3v) is 2.94. The van der Waals surface area contributed by atoms with E-state index in [-0.39, 0.29) is 5.91 Å². The topological polar surface area (TPSA) is 38.3 Å². The molecule has 0 unspecified atom stereocenters. The van der Waals surface area contributed by atoms with E-state index in [2.05, 4.69) is 19.2 Å². The Bertz CT molecular complexity index is 422. The molecule has 0 atom stereocenters. The van der Waals surface area contributed by atoms with Gasteiger partial charge in [0.1, 0.15) is 5.75 Å². The van der Waals surface area contributed by atoms with E-state index in [0.717, 1.165) is 24.2 Å². The third-order valence-electron chi connectivity index (χ3n) is 2.94. The maximum atomic E-state index is 11.6. The first kappa shape index (κ1) is 12.0. The number of carbonyl (C=O) groups is 1. The summed E-state index contributed by atoms with van der Waals surface area (Å²) in [5.74, 6) is 1.23. The largest absolute Gasteiger partial charge is 0.490 e. The number of rotatable bonds is 4. The average molecular weight is 233 g/mol. The standard InChI is InChI=1S/C14H19NO2/c1-9(2)12-8-10(14(16)15-3)4-7-13(12)17-11-5-6-11/h4,7-9,11H,5-6H2,1-3H3,(H,15,16). The van der Waals surface area contributed by atoms with Gasteiger partial charge in [-0.15, -0.1) is 0 Å². The van der Waals surface area contributed by atoms with Crippen LogP contribution in [0.15, 0.2) is 18.2 Å². The molecular formula is C14H19NO2. The quantitative estimate of drug-likeness (QED) is 0.868. The number of hydrogen-bond acceptors (Lipinski definition) is 2. The zero-order valence-corrected chi connectivity index (χ0v) is 10.6. The monoisotopic (exact) mass is 233 g/mol. The number of benzene rings is 1. The predicted octanol–water partition coefficient (Wildman–Crippen LogP) is 2.71. The lowest BCUT2D eigenvalue weighted by Crippen LogP contribution is -2.18. The Morgan fingerprint density at radius 3 is 2.65 bits per heavy atom. The number of hydrogen-bond donors (Lipinski definition) is 1. The molecule has 0 aromatic heterocycles. The Labute approximate surface area is 102 Å². The Morgan fingerprint density at radius 2 is 2.12 bits per heavy atom. The molecule has 92 valence electrons. The minimum Gasteiger partial charge on any atom is -0.490 e. The van der Waals surface area contributed by atoms with Gasteiger partial charge in [0.05, 0.1) is 6.10 Å². The molecule has 2 rings (SSSR count). The van der Waals surface area contributed by atoms with Gasteiger partial charge in [0.15, 0.2) is 0 Å². The summed E-state index contributed by atoms with van der Waals surface area (Å²) in [6.45, 7) is 4.23. The summed E-state index contributed by atoms with van der Waals surface area (Å²) >= 11 is 0. The van der Waals surface area contributed by atoms with Crippen LogP contribution in [0.3, 0.4) is 0 Å². The van der Waals surface area contributed by atoms with E-state index in [0.29, 0.717) is 17.6 Å². The molecular weight excluding hydrogens is 214 g/mol. The Balaban J connectivity index is 2.29. The average Bonchev–Trinajstić information content (AvgIpc) is 3.12. The highest BCUT2D eigenvalue weighted by molar-refractivity contribution is 5.94. The maximum absolute atomic E-state index is 11.6. The van der Waals surface area contributed by atoms with Crippen LogP contribution in [0.4, 0.5) is 0 Å². The first-order valence-electron chi connectivity index (χ1n) is 6.14. The summed E-state index contributed by atoms with van der Waals surface area (Å²) in [7, 11) is 1.64. The van der Waals surface area contributed by atoms with E-state index in [4.69, 9.17) is 4.74 Å². The second-order valence-corrected chi connectivity index (χ2v) is 4.80. The van der Waals surface area contributed by atoms with Crippen molar-refractivity contribution in [3.05, 3.63) is 29.3 Å². The van der Waals surface area contributed by atoms with Gasteiger partial charge in [-0.3, -0.25) is 4.79 Å². The van der Waals surface area contributed by atoms with Gasteiger partial charge >= 0.3 is 0 Å². The zero-order valence-electron chi connectivity index (χ0n) is 10.6. The first-order valence-corrected chi connectivity index (χ1v) is 6.14. The summed E-state index contributed by atoms with van der Waals surface area (Å²) < 4.78 is 5.85. The van der Waals surface area contributed by atoms with Gasteiger partial charge in [-0.05, 0) is 42.5 Å². The summed E-state index contributed by atoms with van der Waals surface area (Å²) in [6, 6.07) is 5.67. The van der Waals surface area contributed by atoms with Gasteiger partial charge in [0.2, 0.25) is 0 Å². The van der Waals surface area contributed by atoms with Crippen molar-refractivity contribution in [1.82, 2.24) is 5.32 Å². The smallest absolute Gasteiger partial charge is 0.251 e. The predicted molar refractivity (Wildman–Crippen MR) is 67.6 cm³/mol. The highest BCUT2D eigenvalue weighted by atomic mass is 16.5. The number of nitrogens with one attached hydrogen (secondary N) is 1. The molecule has 17 heavy (non-hydrogen) atoms. The van der Waals surface area contributed by atoms with Gasteiger partial charge in [-0.2, -0.15) is 0 Å². The lowest BCUT2D eigenvalue weighted by Gasteiger charge is -2.15. The van der Waals surface area contributed by atoms with Crippen molar-refractivity contribution in [2.24, 2.45) is 0 Å².